The fourth-order valence-electron chi connectivity index (χ4n) is 1.65. The Kier molecular flexibility index (Phi) is 4.31. The molecule has 0 aliphatic rings. The molecule has 1 heterocycles. The quantitative estimate of drug-likeness (QED) is 0.878. The Morgan fingerprint density at radius 3 is 2.72 bits per heavy atom. The first-order chi connectivity index (χ1) is 8.79. The minimum atomic E-state index is 0.104. The highest BCUT2D eigenvalue weighted by Gasteiger charge is 2.05. The summed E-state index contributed by atoms with van der Waals surface area (Å²) in [6.45, 7) is 2.60. The van der Waals surface area contributed by atoms with E-state index >= 15 is 0 Å². The average molecular weight is 243 g/mol. The summed E-state index contributed by atoms with van der Waals surface area (Å²) >= 11 is 0. The van der Waals surface area contributed by atoms with E-state index in [4.69, 9.17) is 9.84 Å². The first-order valence-corrected chi connectivity index (χ1v) is 6.03. The number of aliphatic hydroxyl groups excluding tert-OH is 1. The van der Waals surface area contributed by atoms with E-state index in [2.05, 4.69) is 4.98 Å². The lowest BCUT2D eigenvalue weighted by molar-refractivity contribution is 0.271. The monoisotopic (exact) mass is 243 g/mol. The molecule has 0 aliphatic carbocycles. The van der Waals surface area contributed by atoms with Gasteiger partial charge in [0, 0.05) is 24.8 Å². The van der Waals surface area contributed by atoms with E-state index in [1.165, 1.54) is 0 Å². The van der Waals surface area contributed by atoms with Gasteiger partial charge in [0.2, 0.25) is 5.88 Å². The van der Waals surface area contributed by atoms with Crippen molar-refractivity contribution >= 4 is 0 Å². The summed E-state index contributed by atoms with van der Waals surface area (Å²) in [5, 5.41) is 9.13. The Morgan fingerprint density at radius 2 is 2.00 bits per heavy atom. The molecule has 1 aromatic carbocycles. The minimum Gasteiger partial charge on any atom is -0.473 e. The number of aliphatic hydroxyl groups is 1. The van der Waals surface area contributed by atoms with Crippen LogP contribution < -0.4 is 4.74 Å². The van der Waals surface area contributed by atoms with E-state index in [9.17, 15) is 0 Å². The van der Waals surface area contributed by atoms with Gasteiger partial charge in [-0.3, -0.25) is 0 Å². The number of pyridine rings is 1. The number of aromatic nitrogens is 1. The standard InChI is InChI=1S/C15H17NO2/c1-12(10-17)14-7-8-16-15(9-14)18-11-13-5-3-2-4-6-13/h2-9,12,17H,10-11H2,1H3. The summed E-state index contributed by atoms with van der Waals surface area (Å²) in [7, 11) is 0. The Hall–Kier alpha value is -1.87. The van der Waals surface area contributed by atoms with Crippen molar-refractivity contribution in [2.24, 2.45) is 0 Å². The molecule has 1 atom stereocenters. The molecule has 2 aromatic rings. The zero-order valence-corrected chi connectivity index (χ0v) is 10.4. The van der Waals surface area contributed by atoms with Gasteiger partial charge in [-0.2, -0.15) is 0 Å². The lowest BCUT2D eigenvalue weighted by Gasteiger charge is -2.10. The van der Waals surface area contributed by atoms with Crippen molar-refractivity contribution in [1.29, 1.82) is 0 Å². The average Bonchev–Trinajstić information content (AvgIpc) is 2.45. The first kappa shape index (κ1) is 12.6. The van der Waals surface area contributed by atoms with Crippen LogP contribution >= 0.6 is 0 Å². The van der Waals surface area contributed by atoms with Crippen LogP contribution in [-0.2, 0) is 6.61 Å². The summed E-state index contributed by atoms with van der Waals surface area (Å²) in [6.07, 6.45) is 1.71. The molecule has 0 fully saturated rings. The topological polar surface area (TPSA) is 42.4 Å². The molecule has 0 radical (unpaired) electrons. The van der Waals surface area contributed by atoms with Crippen LogP contribution in [0.25, 0.3) is 0 Å². The highest BCUT2D eigenvalue weighted by Crippen LogP contribution is 2.18. The van der Waals surface area contributed by atoms with Crippen molar-refractivity contribution in [3.63, 3.8) is 0 Å². The zero-order chi connectivity index (χ0) is 12.8. The van der Waals surface area contributed by atoms with Crippen LogP contribution in [0.3, 0.4) is 0 Å². The molecular formula is C15H17NO2. The second kappa shape index (κ2) is 6.17. The van der Waals surface area contributed by atoms with E-state index < -0.39 is 0 Å². The van der Waals surface area contributed by atoms with Gasteiger partial charge in [-0.05, 0) is 17.2 Å². The summed E-state index contributed by atoms with van der Waals surface area (Å²) in [5.74, 6) is 0.698. The molecule has 0 saturated heterocycles. The van der Waals surface area contributed by atoms with Crippen molar-refractivity contribution in [3.8, 4) is 5.88 Å². The first-order valence-electron chi connectivity index (χ1n) is 6.03. The zero-order valence-electron chi connectivity index (χ0n) is 10.4. The summed E-state index contributed by atoms with van der Waals surface area (Å²) < 4.78 is 5.63. The predicted octanol–water partition coefficient (Wildman–Crippen LogP) is 2.76. The molecule has 2 rings (SSSR count). The second-order valence-electron chi connectivity index (χ2n) is 4.29. The largest absolute Gasteiger partial charge is 0.473 e. The highest BCUT2D eigenvalue weighted by atomic mass is 16.5. The summed E-state index contributed by atoms with van der Waals surface area (Å²) in [4.78, 5) is 4.17. The molecule has 0 spiro atoms. The van der Waals surface area contributed by atoms with E-state index in [0.29, 0.717) is 12.5 Å². The fourth-order valence-corrected chi connectivity index (χ4v) is 1.65. The van der Waals surface area contributed by atoms with Gasteiger partial charge in [0.25, 0.3) is 0 Å². The smallest absolute Gasteiger partial charge is 0.213 e. The van der Waals surface area contributed by atoms with Crippen LogP contribution in [0.1, 0.15) is 24.0 Å². The molecule has 3 nitrogen and oxygen atoms in total. The molecule has 0 saturated carbocycles. The summed E-state index contributed by atoms with van der Waals surface area (Å²) in [5.41, 5.74) is 2.15. The van der Waals surface area contributed by atoms with Gasteiger partial charge in [0.05, 0.1) is 0 Å². The maximum Gasteiger partial charge on any atom is 0.213 e. The van der Waals surface area contributed by atoms with Crippen molar-refractivity contribution in [2.75, 3.05) is 6.61 Å². The van der Waals surface area contributed by atoms with Crippen molar-refractivity contribution < 1.29 is 9.84 Å². The normalized spacial score (nSPS) is 12.1. The van der Waals surface area contributed by atoms with Crippen LogP contribution in [0.2, 0.25) is 0 Å². The number of hydrogen-bond donors (Lipinski definition) is 1. The Morgan fingerprint density at radius 1 is 1.22 bits per heavy atom. The van der Waals surface area contributed by atoms with Crippen molar-refractivity contribution in [1.82, 2.24) is 4.98 Å². The molecule has 0 amide bonds. The van der Waals surface area contributed by atoms with E-state index in [1.807, 2.05) is 49.4 Å². The number of benzene rings is 1. The van der Waals surface area contributed by atoms with Crippen LogP contribution in [-0.4, -0.2) is 16.7 Å². The van der Waals surface area contributed by atoms with Crippen molar-refractivity contribution in [3.05, 3.63) is 59.8 Å². The molecule has 3 heteroatoms. The van der Waals surface area contributed by atoms with E-state index in [-0.39, 0.29) is 12.5 Å². The molecular weight excluding hydrogens is 226 g/mol. The third kappa shape index (κ3) is 3.31. The SMILES string of the molecule is CC(CO)c1ccnc(OCc2ccccc2)c1. The fraction of sp³-hybridized carbons (Fsp3) is 0.267. The van der Waals surface area contributed by atoms with E-state index in [0.717, 1.165) is 11.1 Å². The van der Waals surface area contributed by atoms with Gasteiger partial charge in [0.15, 0.2) is 0 Å². The van der Waals surface area contributed by atoms with Crippen LogP contribution in [0, 0.1) is 0 Å². The lowest BCUT2D eigenvalue weighted by Crippen LogP contribution is -2.01. The van der Waals surface area contributed by atoms with Crippen LogP contribution in [0.4, 0.5) is 0 Å². The Labute approximate surface area is 107 Å². The van der Waals surface area contributed by atoms with Gasteiger partial charge in [-0.25, -0.2) is 4.98 Å². The molecule has 18 heavy (non-hydrogen) atoms. The Bertz CT molecular complexity index is 485. The molecule has 1 N–H and O–H groups in total. The third-order valence-electron chi connectivity index (χ3n) is 2.83. The van der Waals surface area contributed by atoms with Gasteiger partial charge in [-0.1, -0.05) is 37.3 Å². The number of rotatable bonds is 5. The number of nitrogens with zero attached hydrogens (tertiary/aromatic N) is 1. The maximum absolute atomic E-state index is 9.13. The number of ether oxygens (including phenoxy) is 1. The van der Waals surface area contributed by atoms with Gasteiger partial charge < -0.3 is 9.84 Å². The summed E-state index contributed by atoms with van der Waals surface area (Å²) in [6, 6.07) is 13.7. The minimum absolute atomic E-state index is 0.104. The molecule has 0 bridgehead atoms. The van der Waals surface area contributed by atoms with Gasteiger partial charge in [-0.15, -0.1) is 0 Å². The van der Waals surface area contributed by atoms with Crippen molar-refractivity contribution in [2.45, 2.75) is 19.4 Å². The van der Waals surface area contributed by atoms with Gasteiger partial charge in [0.1, 0.15) is 6.61 Å². The number of hydrogen-bond acceptors (Lipinski definition) is 3. The highest BCUT2D eigenvalue weighted by molar-refractivity contribution is 5.24. The molecule has 1 unspecified atom stereocenters. The lowest BCUT2D eigenvalue weighted by atomic mass is 10.0. The third-order valence-corrected chi connectivity index (χ3v) is 2.83. The molecule has 94 valence electrons. The van der Waals surface area contributed by atoms with Gasteiger partial charge >= 0.3 is 0 Å². The van der Waals surface area contributed by atoms with Crippen LogP contribution in [0.15, 0.2) is 48.7 Å². The van der Waals surface area contributed by atoms with Crippen LogP contribution in [0.5, 0.6) is 5.88 Å². The second-order valence-corrected chi connectivity index (χ2v) is 4.29. The molecule has 1 aromatic heterocycles. The van der Waals surface area contributed by atoms with E-state index in [1.54, 1.807) is 6.20 Å². The Balaban J connectivity index is 2.01. The maximum atomic E-state index is 9.13. The predicted molar refractivity (Wildman–Crippen MR) is 70.5 cm³/mol. The molecule has 0 aliphatic heterocycles.